The van der Waals surface area contributed by atoms with Gasteiger partial charge in [0.15, 0.2) is 0 Å². The van der Waals surface area contributed by atoms with E-state index < -0.39 is 5.60 Å². The van der Waals surface area contributed by atoms with Gasteiger partial charge in [-0.3, -0.25) is 0 Å². The summed E-state index contributed by atoms with van der Waals surface area (Å²) >= 11 is 0. The molecule has 5 heteroatoms. The average Bonchev–Trinajstić information content (AvgIpc) is 2.97. The lowest BCUT2D eigenvalue weighted by molar-refractivity contribution is 0.0504. The molecule has 0 radical (unpaired) electrons. The van der Waals surface area contributed by atoms with Gasteiger partial charge < -0.3 is 14.6 Å². The Labute approximate surface area is 114 Å². The van der Waals surface area contributed by atoms with E-state index in [-0.39, 0.29) is 12.1 Å². The number of alkyl carbamates (subject to hydrolysis) is 1. The maximum Gasteiger partial charge on any atom is 0.407 e. The molecule has 1 N–H and O–H groups in total. The quantitative estimate of drug-likeness (QED) is 0.910. The monoisotopic (exact) mass is 265 g/mol. The molecule has 1 heterocycles. The van der Waals surface area contributed by atoms with E-state index in [1.54, 1.807) is 0 Å². The van der Waals surface area contributed by atoms with Gasteiger partial charge in [-0.1, -0.05) is 0 Å². The number of imidazole rings is 1. The summed E-state index contributed by atoms with van der Waals surface area (Å²) in [6.07, 6.45) is 5.89. The van der Waals surface area contributed by atoms with Crippen LogP contribution in [0.15, 0.2) is 12.5 Å². The topological polar surface area (TPSA) is 56.2 Å². The van der Waals surface area contributed by atoms with Crippen molar-refractivity contribution in [3.8, 4) is 0 Å². The van der Waals surface area contributed by atoms with Crippen molar-refractivity contribution in [1.82, 2.24) is 14.9 Å². The number of carbonyl (C=O) groups is 1. The number of hydrogen-bond acceptors (Lipinski definition) is 3. The van der Waals surface area contributed by atoms with Crippen molar-refractivity contribution in [3.05, 3.63) is 18.2 Å². The summed E-state index contributed by atoms with van der Waals surface area (Å²) in [6.45, 7) is 8.28. The summed E-state index contributed by atoms with van der Waals surface area (Å²) < 4.78 is 7.37. The highest BCUT2D eigenvalue weighted by Gasteiger charge is 2.27. The van der Waals surface area contributed by atoms with E-state index in [1.807, 2.05) is 40.2 Å². The predicted molar refractivity (Wildman–Crippen MR) is 73.0 cm³/mol. The second-order valence-electron chi connectivity index (χ2n) is 6.29. The number of carbonyl (C=O) groups excluding carboxylic acids is 1. The third-order valence-corrected chi connectivity index (χ3v) is 2.97. The van der Waals surface area contributed by atoms with Crippen LogP contribution in [0.1, 0.15) is 52.1 Å². The fraction of sp³-hybridized carbons (Fsp3) is 0.714. The van der Waals surface area contributed by atoms with Crippen molar-refractivity contribution in [2.24, 2.45) is 0 Å². The molecule has 19 heavy (non-hydrogen) atoms. The van der Waals surface area contributed by atoms with Crippen molar-refractivity contribution in [2.75, 3.05) is 0 Å². The van der Waals surface area contributed by atoms with Crippen molar-refractivity contribution in [3.63, 3.8) is 0 Å². The van der Waals surface area contributed by atoms with Gasteiger partial charge in [0.2, 0.25) is 0 Å². The summed E-state index contributed by atoms with van der Waals surface area (Å²) in [5, 5.41) is 2.85. The van der Waals surface area contributed by atoms with Crippen LogP contribution in [0, 0.1) is 0 Å². The first kappa shape index (κ1) is 13.9. The van der Waals surface area contributed by atoms with Crippen molar-refractivity contribution in [1.29, 1.82) is 0 Å². The zero-order valence-electron chi connectivity index (χ0n) is 12.1. The van der Waals surface area contributed by atoms with Gasteiger partial charge >= 0.3 is 6.09 Å². The van der Waals surface area contributed by atoms with Gasteiger partial charge in [0, 0.05) is 30.4 Å². The molecule has 1 aliphatic rings. The van der Waals surface area contributed by atoms with Crippen LogP contribution < -0.4 is 5.32 Å². The minimum Gasteiger partial charge on any atom is -0.444 e. The molecular weight excluding hydrogens is 242 g/mol. The Hall–Kier alpha value is -1.52. The molecule has 2 rings (SSSR count). The number of rotatable bonds is 4. The largest absolute Gasteiger partial charge is 0.444 e. The van der Waals surface area contributed by atoms with Crippen LogP contribution >= 0.6 is 0 Å². The zero-order chi connectivity index (χ0) is 14.0. The highest BCUT2D eigenvalue weighted by Crippen LogP contribution is 2.39. The normalized spacial score (nSPS) is 17.1. The second-order valence-corrected chi connectivity index (χ2v) is 6.29. The van der Waals surface area contributed by atoms with Crippen molar-refractivity contribution >= 4 is 6.09 Å². The molecule has 0 bridgehead atoms. The standard InChI is InChI=1S/C14H23N3O2/c1-10(16-13(18)19-14(2,3)4)8-17-9-15-7-12(17)11-5-6-11/h7,9-11H,5-6,8H2,1-4H3,(H,16,18). The van der Waals surface area contributed by atoms with E-state index in [1.165, 1.54) is 18.5 Å². The van der Waals surface area contributed by atoms with Crippen LogP contribution in [0.5, 0.6) is 0 Å². The number of amides is 1. The van der Waals surface area contributed by atoms with Gasteiger partial charge in [-0.05, 0) is 40.5 Å². The van der Waals surface area contributed by atoms with Crippen LogP contribution in [0.2, 0.25) is 0 Å². The molecule has 5 nitrogen and oxygen atoms in total. The molecular formula is C14H23N3O2. The lowest BCUT2D eigenvalue weighted by atomic mass is 10.2. The molecule has 1 amide bonds. The Kier molecular flexibility index (Phi) is 3.83. The van der Waals surface area contributed by atoms with E-state index >= 15 is 0 Å². The molecule has 0 spiro atoms. The second kappa shape index (κ2) is 5.23. The highest BCUT2D eigenvalue weighted by atomic mass is 16.6. The van der Waals surface area contributed by atoms with Gasteiger partial charge in [0.1, 0.15) is 5.60 Å². The number of ether oxygens (including phenoxy) is 1. The first-order valence-electron chi connectivity index (χ1n) is 6.84. The summed E-state index contributed by atoms with van der Waals surface area (Å²) in [5.74, 6) is 0.663. The number of nitrogens with one attached hydrogen (secondary N) is 1. The summed E-state index contributed by atoms with van der Waals surface area (Å²) in [5.41, 5.74) is 0.815. The van der Waals surface area contributed by atoms with E-state index in [2.05, 4.69) is 14.9 Å². The predicted octanol–water partition coefficient (Wildman–Crippen LogP) is 2.67. The smallest absolute Gasteiger partial charge is 0.407 e. The maximum atomic E-state index is 11.7. The molecule has 1 aliphatic carbocycles. The fourth-order valence-corrected chi connectivity index (χ4v) is 2.05. The molecule has 1 aromatic rings. The van der Waals surface area contributed by atoms with Crippen LogP contribution in [0.3, 0.4) is 0 Å². The Bertz CT molecular complexity index is 444. The van der Waals surface area contributed by atoms with E-state index in [0.717, 1.165) is 6.54 Å². The van der Waals surface area contributed by atoms with Crippen LogP contribution in [0.4, 0.5) is 4.79 Å². The lowest BCUT2D eigenvalue weighted by Crippen LogP contribution is -2.39. The van der Waals surface area contributed by atoms with Gasteiger partial charge in [0.25, 0.3) is 0 Å². The Morgan fingerprint density at radius 3 is 2.84 bits per heavy atom. The van der Waals surface area contributed by atoms with E-state index in [4.69, 9.17) is 4.74 Å². The number of nitrogens with zero attached hydrogens (tertiary/aromatic N) is 2. The number of aromatic nitrogens is 2. The third-order valence-electron chi connectivity index (χ3n) is 2.97. The molecule has 1 aromatic heterocycles. The van der Waals surface area contributed by atoms with Crippen molar-refractivity contribution in [2.45, 2.75) is 64.6 Å². The minimum atomic E-state index is -0.460. The highest BCUT2D eigenvalue weighted by molar-refractivity contribution is 5.67. The molecule has 1 unspecified atom stereocenters. The van der Waals surface area contributed by atoms with Crippen LogP contribution in [-0.4, -0.2) is 27.3 Å². The fourth-order valence-electron chi connectivity index (χ4n) is 2.05. The summed E-state index contributed by atoms with van der Waals surface area (Å²) in [6, 6.07) is 0.0153. The molecule has 1 saturated carbocycles. The molecule has 106 valence electrons. The van der Waals surface area contributed by atoms with Crippen LogP contribution in [0.25, 0.3) is 0 Å². The minimum absolute atomic E-state index is 0.0153. The zero-order valence-corrected chi connectivity index (χ0v) is 12.1. The Balaban J connectivity index is 1.85. The Morgan fingerprint density at radius 1 is 1.58 bits per heavy atom. The first-order valence-corrected chi connectivity index (χ1v) is 6.84. The molecule has 0 aliphatic heterocycles. The van der Waals surface area contributed by atoms with Gasteiger partial charge in [0.05, 0.1) is 6.33 Å². The first-order chi connectivity index (χ1) is 8.85. The van der Waals surface area contributed by atoms with E-state index in [0.29, 0.717) is 5.92 Å². The summed E-state index contributed by atoms with van der Waals surface area (Å²) in [7, 11) is 0. The van der Waals surface area contributed by atoms with Crippen molar-refractivity contribution < 1.29 is 9.53 Å². The third kappa shape index (κ3) is 4.26. The molecule has 1 atom stereocenters. The van der Waals surface area contributed by atoms with Crippen LogP contribution in [-0.2, 0) is 11.3 Å². The SMILES string of the molecule is CC(Cn1cncc1C1CC1)NC(=O)OC(C)(C)C. The molecule has 0 saturated heterocycles. The maximum absolute atomic E-state index is 11.7. The number of hydrogen-bond donors (Lipinski definition) is 1. The average molecular weight is 265 g/mol. The summed E-state index contributed by atoms with van der Waals surface area (Å²) in [4.78, 5) is 15.9. The van der Waals surface area contributed by atoms with Gasteiger partial charge in [-0.25, -0.2) is 9.78 Å². The lowest BCUT2D eigenvalue weighted by Gasteiger charge is -2.22. The Morgan fingerprint density at radius 2 is 2.26 bits per heavy atom. The van der Waals surface area contributed by atoms with E-state index in [9.17, 15) is 4.79 Å². The van der Waals surface area contributed by atoms with Gasteiger partial charge in [-0.15, -0.1) is 0 Å². The molecule has 0 aromatic carbocycles. The molecule has 1 fully saturated rings. The van der Waals surface area contributed by atoms with Gasteiger partial charge in [-0.2, -0.15) is 0 Å².